The van der Waals surface area contributed by atoms with Gasteiger partial charge in [-0.2, -0.15) is 0 Å². The molecule has 1 N–H and O–H groups in total. The summed E-state index contributed by atoms with van der Waals surface area (Å²) in [4.78, 5) is 23.9. The van der Waals surface area contributed by atoms with Gasteiger partial charge in [-0.25, -0.2) is 4.79 Å². The van der Waals surface area contributed by atoms with E-state index < -0.39 is 11.7 Å². The highest BCUT2D eigenvalue weighted by molar-refractivity contribution is 6.09. The summed E-state index contributed by atoms with van der Waals surface area (Å²) < 4.78 is 5.22. The van der Waals surface area contributed by atoms with Crippen LogP contribution >= 0.6 is 0 Å². The summed E-state index contributed by atoms with van der Waals surface area (Å²) in [6.07, 6.45) is -0.490. The Morgan fingerprint density at radius 2 is 1.64 bits per heavy atom. The van der Waals surface area contributed by atoms with Crippen molar-refractivity contribution in [3.8, 4) is 11.8 Å². The zero-order chi connectivity index (χ0) is 18.3. The van der Waals surface area contributed by atoms with E-state index in [9.17, 15) is 9.59 Å². The zero-order valence-electron chi connectivity index (χ0n) is 14.6. The largest absolute Gasteiger partial charge is 0.444 e. The minimum atomic E-state index is -0.550. The van der Waals surface area contributed by atoms with Gasteiger partial charge in [0.2, 0.25) is 5.78 Å². The topological polar surface area (TPSA) is 55.4 Å². The third-order valence-electron chi connectivity index (χ3n) is 3.19. The Labute approximate surface area is 148 Å². The quantitative estimate of drug-likeness (QED) is 0.683. The van der Waals surface area contributed by atoms with Crippen molar-refractivity contribution in [2.24, 2.45) is 0 Å². The Morgan fingerprint density at radius 3 is 2.32 bits per heavy atom. The van der Waals surface area contributed by atoms with Gasteiger partial charge >= 0.3 is 6.09 Å². The van der Waals surface area contributed by atoms with Crippen LogP contribution < -0.4 is 5.32 Å². The number of benzene rings is 2. The van der Waals surface area contributed by atoms with Crippen molar-refractivity contribution in [1.29, 1.82) is 0 Å². The van der Waals surface area contributed by atoms with E-state index in [4.69, 9.17) is 4.74 Å². The molecule has 0 saturated carbocycles. The summed E-state index contributed by atoms with van der Waals surface area (Å²) in [6, 6.07) is 16.3. The smallest absolute Gasteiger partial charge is 0.407 e. The van der Waals surface area contributed by atoms with Crippen molar-refractivity contribution in [3.63, 3.8) is 0 Å². The molecule has 128 valence electrons. The molecule has 1 amide bonds. The Balaban J connectivity index is 2.08. The van der Waals surface area contributed by atoms with Crippen LogP contribution in [0.4, 0.5) is 4.79 Å². The number of carbonyl (C=O) groups excluding carboxylic acids is 2. The van der Waals surface area contributed by atoms with Gasteiger partial charge in [0.25, 0.3) is 0 Å². The number of rotatable bonds is 3. The fourth-order valence-electron chi connectivity index (χ4n) is 2.06. The summed E-state index contributed by atoms with van der Waals surface area (Å²) in [5.41, 5.74) is 1.52. The molecule has 2 rings (SSSR count). The zero-order valence-corrected chi connectivity index (χ0v) is 14.6. The summed E-state index contributed by atoms with van der Waals surface area (Å²) in [6.45, 7) is 5.70. The lowest BCUT2D eigenvalue weighted by Crippen LogP contribution is -2.32. The van der Waals surface area contributed by atoms with Crippen LogP contribution in [0.1, 0.15) is 42.3 Å². The average molecular weight is 335 g/mol. The molecule has 0 unspecified atom stereocenters. The van der Waals surface area contributed by atoms with Gasteiger partial charge in [-0.05, 0) is 38.3 Å². The Hall–Kier alpha value is -3.06. The molecule has 0 aromatic heterocycles. The summed E-state index contributed by atoms with van der Waals surface area (Å²) in [7, 11) is 0. The second-order valence-electron chi connectivity index (χ2n) is 6.46. The molecule has 0 atom stereocenters. The van der Waals surface area contributed by atoms with Crippen molar-refractivity contribution in [2.75, 3.05) is 0 Å². The Bertz CT molecular complexity index is 808. The number of hydrogen-bond acceptors (Lipinski definition) is 3. The maximum absolute atomic E-state index is 12.1. The van der Waals surface area contributed by atoms with Gasteiger partial charge in [0, 0.05) is 17.7 Å². The molecule has 0 aliphatic carbocycles. The third kappa shape index (κ3) is 6.15. The molecule has 0 aliphatic heterocycles. The van der Waals surface area contributed by atoms with Crippen LogP contribution in [0.2, 0.25) is 0 Å². The monoisotopic (exact) mass is 335 g/mol. The minimum absolute atomic E-state index is 0.240. The van der Waals surface area contributed by atoms with E-state index in [0.29, 0.717) is 11.1 Å². The Kier molecular flexibility index (Phi) is 5.97. The predicted molar refractivity (Wildman–Crippen MR) is 97.2 cm³/mol. The van der Waals surface area contributed by atoms with E-state index in [1.165, 1.54) is 0 Å². The fraction of sp³-hybridized carbons (Fsp3) is 0.238. The molecule has 0 radical (unpaired) electrons. The second kappa shape index (κ2) is 8.16. The molecule has 0 aliphatic rings. The molecule has 0 heterocycles. The first-order valence-electron chi connectivity index (χ1n) is 8.01. The van der Waals surface area contributed by atoms with Crippen LogP contribution in [0, 0.1) is 11.8 Å². The molecule has 2 aromatic rings. The van der Waals surface area contributed by atoms with E-state index in [0.717, 1.165) is 5.56 Å². The summed E-state index contributed by atoms with van der Waals surface area (Å²) in [5, 5.41) is 2.70. The van der Waals surface area contributed by atoms with E-state index in [1.54, 1.807) is 45.0 Å². The first-order chi connectivity index (χ1) is 11.8. The van der Waals surface area contributed by atoms with Gasteiger partial charge in [0.05, 0.1) is 0 Å². The lowest BCUT2D eigenvalue weighted by atomic mass is 10.1. The number of alkyl carbamates (subject to hydrolysis) is 1. The molecule has 4 heteroatoms. The highest BCUT2D eigenvalue weighted by Crippen LogP contribution is 2.10. The summed E-state index contributed by atoms with van der Waals surface area (Å²) in [5.74, 6) is 5.30. The van der Waals surface area contributed by atoms with Crippen LogP contribution in [0.5, 0.6) is 0 Å². The first kappa shape index (κ1) is 18.3. The second-order valence-corrected chi connectivity index (χ2v) is 6.46. The molecular formula is C21H21NO3. The minimum Gasteiger partial charge on any atom is -0.444 e. The number of carbonyl (C=O) groups is 2. The molecule has 0 fully saturated rings. The maximum atomic E-state index is 12.1. The van der Waals surface area contributed by atoms with Crippen molar-refractivity contribution < 1.29 is 14.3 Å². The highest BCUT2D eigenvalue weighted by Gasteiger charge is 2.15. The molecule has 0 spiro atoms. The lowest BCUT2D eigenvalue weighted by Gasteiger charge is -2.19. The molecule has 4 nitrogen and oxygen atoms in total. The van der Waals surface area contributed by atoms with Gasteiger partial charge in [-0.3, -0.25) is 4.79 Å². The van der Waals surface area contributed by atoms with Crippen molar-refractivity contribution in [3.05, 3.63) is 71.3 Å². The SMILES string of the molecule is CC(C)(C)OC(=O)NCc1ccccc1C#CC(=O)c1ccccc1. The fourth-order valence-corrected chi connectivity index (χ4v) is 2.06. The van der Waals surface area contributed by atoms with Gasteiger partial charge in [-0.15, -0.1) is 0 Å². The molecule has 2 aromatic carbocycles. The average Bonchev–Trinajstić information content (AvgIpc) is 2.58. The normalized spacial score (nSPS) is 10.4. The molecule has 0 bridgehead atoms. The standard InChI is InChI=1S/C21H21NO3/c1-21(2,3)25-20(24)22-15-18-12-8-7-9-16(18)13-14-19(23)17-10-5-4-6-11-17/h4-12H,15H2,1-3H3,(H,22,24). The number of nitrogens with one attached hydrogen (secondary N) is 1. The van der Waals surface area contributed by atoms with Crippen LogP contribution in [0.3, 0.4) is 0 Å². The van der Waals surface area contributed by atoms with Gasteiger partial charge < -0.3 is 10.1 Å². The van der Waals surface area contributed by atoms with E-state index >= 15 is 0 Å². The maximum Gasteiger partial charge on any atom is 0.407 e. The van der Waals surface area contributed by atoms with Crippen molar-refractivity contribution in [1.82, 2.24) is 5.32 Å². The highest BCUT2D eigenvalue weighted by atomic mass is 16.6. The van der Waals surface area contributed by atoms with Crippen molar-refractivity contribution in [2.45, 2.75) is 32.9 Å². The van der Waals surface area contributed by atoms with Crippen LogP contribution in [0.25, 0.3) is 0 Å². The van der Waals surface area contributed by atoms with Crippen molar-refractivity contribution >= 4 is 11.9 Å². The lowest BCUT2D eigenvalue weighted by molar-refractivity contribution is 0.0523. The number of ketones is 1. The summed E-state index contributed by atoms with van der Waals surface area (Å²) >= 11 is 0. The molecular weight excluding hydrogens is 314 g/mol. The number of hydrogen-bond donors (Lipinski definition) is 1. The van der Waals surface area contributed by atoms with Crippen LogP contribution in [-0.2, 0) is 11.3 Å². The predicted octanol–water partition coefficient (Wildman–Crippen LogP) is 3.95. The third-order valence-corrected chi connectivity index (χ3v) is 3.19. The number of amides is 1. The van der Waals surface area contributed by atoms with Gasteiger partial charge in [0.1, 0.15) is 5.60 Å². The van der Waals surface area contributed by atoms with E-state index in [-0.39, 0.29) is 12.3 Å². The van der Waals surface area contributed by atoms with Gasteiger partial charge in [-0.1, -0.05) is 54.5 Å². The first-order valence-corrected chi connectivity index (χ1v) is 8.01. The number of Topliss-reactive ketones (excluding diaryl/α,β-unsaturated/α-hetero) is 1. The number of ether oxygens (including phenoxy) is 1. The molecule has 25 heavy (non-hydrogen) atoms. The van der Waals surface area contributed by atoms with Crippen LogP contribution in [0.15, 0.2) is 54.6 Å². The van der Waals surface area contributed by atoms with Crippen LogP contribution in [-0.4, -0.2) is 17.5 Å². The Morgan fingerprint density at radius 1 is 1.00 bits per heavy atom. The van der Waals surface area contributed by atoms with E-state index in [1.807, 2.05) is 30.3 Å². The van der Waals surface area contributed by atoms with E-state index in [2.05, 4.69) is 17.2 Å². The molecule has 0 saturated heterocycles. The van der Waals surface area contributed by atoms with Gasteiger partial charge in [0.15, 0.2) is 0 Å².